The average molecular weight is 235 g/mol. The Morgan fingerprint density at radius 3 is 2.40 bits per heavy atom. The molecule has 0 aliphatic rings. The van der Waals surface area contributed by atoms with Crippen molar-refractivity contribution in [3.8, 4) is 11.8 Å². The summed E-state index contributed by atoms with van der Waals surface area (Å²) in [4.78, 5) is 0. The van der Waals surface area contributed by atoms with E-state index >= 15 is 0 Å². The minimum atomic E-state index is -3.82. The second kappa shape index (κ2) is 6.13. The van der Waals surface area contributed by atoms with Crippen LogP contribution in [-0.4, -0.2) is 13.7 Å². The van der Waals surface area contributed by atoms with E-state index in [9.17, 15) is 8.42 Å². The van der Waals surface area contributed by atoms with Gasteiger partial charge in [0.1, 0.15) is 5.75 Å². The molecular formula is C9H10NNaO3S. The molecule has 0 amide bonds. The molecule has 0 radical (unpaired) electrons. The Bertz CT molecular complexity index is 444. The molecule has 0 fully saturated rings. The smallest absolute Gasteiger partial charge is 1.00 e. The SMILES string of the molecule is CC(C#N)S(=O)(=O)Oc1ccccc1.[H-].[Na+]. The van der Waals surface area contributed by atoms with Gasteiger partial charge in [-0.2, -0.15) is 13.7 Å². The molecule has 6 heteroatoms. The van der Waals surface area contributed by atoms with E-state index in [0.717, 1.165) is 0 Å². The van der Waals surface area contributed by atoms with Crippen molar-refractivity contribution in [2.45, 2.75) is 12.2 Å². The summed E-state index contributed by atoms with van der Waals surface area (Å²) in [6, 6.07) is 9.70. The number of nitrogens with zero attached hydrogens (tertiary/aromatic N) is 1. The third-order valence-electron chi connectivity index (χ3n) is 1.57. The molecule has 0 bridgehead atoms. The summed E-state index contributed by atoms with van der Waals surface area (Å²) in [6.07, 6.45) is 0. The zero-order chi connectivity index (χ0) is 10.6. The summed E-state index contributed by atoms with van der Waals surface area (Å²) in [7, 11) is -3.82. The van der Waals surface area contributed by atoms with E-state index in [2.05, 4.69) is 0 Å². The molecule has 0 aliphatic carbocycles. The van der Waals surface area contributed by atoms with Gasteiger partial charge in [0.05, 0.1) is 6.07 Å². The Morgan fingerprint density at radius 2 is 1.93 bits per heavy atom. The fourth-order valence-corrected chi connectivity index (χ4v) is 1.40. The van der Waals surface area contributed by atoms with Gasteiger partial charge in [0.2, 0.25) is 0 Å². The van der Waals surface area contributed by atoms with E-state index in [0.29, 0.717) is 0 Å². The predicted molar refractivity (Wildman–Crippen MR) is 52.2 cm³/mol. The molecule has 0 spiro atoms. The number of hydrogen-bond donors (Lipinski definition) is 0. The van der Waals surface area contributed by atoms with Crippen LogP contribution in [0.3, 0.4) is 0 Å². The van der Waals surface area contributed by atoms with Gasteiger partial charge in [-0.3, -0.25) is 0 Å². The second-order valence-corrected chi connectivity index (χ2v) is 4.52. The first-order valence-electron chi connectivity index (χ1n) is 3.94. The fraction of sp³-hybridized carbons (Fsp3) is 0.222. The minimum Gasteiger partial charge on any atom is -1.00 e. The zero-order valence-corrected chi connectivity index (χ0v) is 11.4. The number of nitriles is 1. The summed E-state index contributed by atoms with van der Waals surface area (Å²) in [5.41, 5.74) is 0. The Hall–Kier alpha value is -0.540. The van der Waals surface area contributed by atoms with Gasteiger partial charge in [0.25, 0.3) is 0 Å². The Kier molecular flexibility index (Phi) is 5.91. The molecule has 0 aliphatic heterocycles. The first-order valence-corrected chi connectivity index (χ1v) is 5.41. The molecule has 15 heavy (non-hydrogen) atoms. The van der Waals surface area contributed by atoms with Gasteiger partial charge in [-0.25, -0.2) is 0 Å². The van der Waals surface area contributed by atoms with Crippen molar-refractivity contribution >= 4 is 10.1 Å². The summed E-state index contributed by atoms with van der Waals surface area (Å²) in [5, 5.41) is 7.28. The van der Waals surface area contributed by atoms with Crippen LogP contribution in [0.2, 0.25) is 0 Å². The minimum absolute atomic E-state index is 0. The summed E-state index contributed by atoms with van der Waals surface area (Å²) in [5.74, 6) is 0.217. The van der Waals surface area contributed by atoms with Crippen molar-refractivity contribution in [1.82, 2.24) is 0 Å². The molecule has 1 unspecified atom stereocenters. The first-order chi connectivity index (χ1) is 6.56. The van der Waals surface area contributed by atoms with E-state index in [1.54, 1.807) is 24.3 Å². The predicted octanol–water partition coefficient (Wildman–Crippen LogP) is -1.58. The molecule has 1 rings (SSSR count). The van der Waals surface area contributed by atoms with Crippen LogP contribution in [-0.2, 0) is 10.1 Å². The van der Waals surface area contributed by atoms with Crippen LogP contribution >= 0.6 is 0 Å². The van der Waals surface area contributed by atoms with Gasteiger partial charge in [-0.1, -0.05) is 18.2 Å². The molecule has 0 N–H and O–H groups in total. The maximum atomic E-state index is 11.3. The van der Waals surface area contributed by atoms with Gasteiger partial charge in [0, 0.05) is 0 Å². The van der Waals surface area contributed by atoms with Gasteiger partial charge >= 0.3 is 39.7 Å². The van der Waals surface area contributed by atoms with E-state index in [4.69, 9.17) is 9.44 Å². The quantitative estimate of drug-likeness (QED) is 0.468. The van der Waals surface area contributed by atoms with Gasteiger partial charge in [-0.15, -0.1) is 0 Å². The molecule has 1 aromatic carbocycles. The van der Waals surface area contributed by atoms with Crippen molar-refractivity contribution in [2.75, 3.05) is 0 Å². The maximum absolute atomic E-state index is 11.3. The van der Waals surface area contributed by atoms with Crippen molar-refractivity contribution in [1.29, 1.82) is 5.26 Å². The summed E-state index contributed by atoms with van der Waals surface area (Å²) in [6.45, 7) is 1.28. The van der Waals surface area contributed by atoms with Crippen LogP contribution in [0.1, 0.15) is 8.35 Å². The number of rotatable bonds is 3. The van der Waals surface area contributed by atoms with Crippen LogP contribution < -0.4 is 33.7 Å². The average Bonchev–Trinajstić information content (AvgIpc) is 2.17. The fourth-order valence-electron chi connectivity index (χ4n) is 0.747. The summed E-state index contributed by atoms with van der Waals surface area (Å²) < 4.78 is 27.3. The number of benzene rings is 1. The van der Waals surface area contributed by atoms with Crippen LogP contribution in [0.15, 0.2) is 30.3 Å². The molecule has 4 nitrogen and oxygen atoms in total. The first kappa shape index (κ1) is 14.5. The Balaban J connectivity index is 0. The molecule has 1 atom stereocenters. The molecule has 0 saturated heterocycles. The normalized spacial score (nSPS) is 12.0. The van der Waals surface area contributed by atoms with Crippen LogP contribution in [0, 0.1) is 11.3 Å². The van der Waals surface area contributed by atoms with Crippen LogP contribution in [0.4, 0.5) is 0 Å². The van der Waals surface area contributed by atoms with Gasteiger partial charge in [0.15, 0.2) is 5.25 Å². The zero-order valence-electron chi connectivity index (χ0n) is 9.54. The molecule has 0 heterocycles. The van der Waals surface area contributed by atoms with Crippen molar-refractivity contribution in [3.05, 3.63) is 30.3 Å². The molecule has 0 saturated carbocycles. The van der Waals surface area contributed by atoms with E-state index < -0.39 is 15.4 Å². The third-order valence-corrected chi connectivity index (χ3v) is 2.97. The monoisotopic (exact) mass is 235 g/mol. The molecule has 0 aromatic heterocycles. The van der Waals surface area contributed by atoms with Crippen molar-refractivity contribution in [3.63, 3.8) is 0 Å². The second-order valence-electron chi connectivity index (χ2n) is 2.66. The standard InChI is InChI=1S/C9H9NO3S.Na.H/c1-8(7-10)14(11,12)13-9-5-3-2-4-6-9;;/h2-6,8H,1H3;;/q;+1;-1. The number of hydrogen-bond acceptors (Lipinski definition) is 4. The van der Waals surface area contributed by atoms with Crippen LogP contribution in [0.5, 0.6) is 5.75 Å². The number of para-hydroxylation sites is 1. The van der Waals surface area contributed by atoms with Gasteiger partial charge in [-0.05, 0) is 19.1 Å². The van der Waals surface area contributed by atoms with E-state index in [-0.39, 0.29) is 36.7 Å². The van der Waals surface area contributed by atoms with Gasteiger partial charge < -0.3 is 5.61 Å². The Morgan fingerprint density at radius 1 is 1.40 bits per heavy atom. The van der Waals surface area contributed by atoms with Crippen molar-refractivity contribution in [2.24, 2.45) is 0 Å². The van der Waals surface area contributed by atoms with E-state index in [1.165, 1.54) is 19.1 Å². The molecule has 1 aromatic rings. The van der Waals surface area contributed by atoms with Crippen molar-refractivity contribution < 1.29 is 43.6 Å². The third kappa shape index (κ3) is 4.22. The topological polar surface area (TPSA) is 67.2 Å². The molecular weight excluding hydrogens is 225 g/mol. The maximum Gasteiger partial charge on any atom is 1.00 e. The van der Waals surface area contributed by atoms with E-state index in [1.807, 2.05) is 0 Å². The molecule has 76 valence electrons. The Labute approximate surface area is 113 Å². The summed E-state index contributed by atoms with van der Waals surface area (Å²) >= 11 is 0. The largest absolute Gasteiger partial charge is 1.00 e. The van der Waals surface area contributed by atoms with Crippen LogP contribution in [0.25, 0.3) is 0 Å².